The number of aliphatic carboxylic acids is 4. The summed E-state index contributed by atoms with van der Waals surface area (Å²) < 4.78 is 0. The maximum atomic E-state index is 13.3. The molecule has 21 heteroatoms. The van der Waals surface area contributed by atoms with Crippen molar-refractivity contribution in [1.82, 2.24) is 20.9 Å². The van der Waals surface area contributed by atoms with Gasteiger partial charge in [0, 0.05) is 30.5 Å². The van der Waals surface area contributed by atoms with Crippen molar-refractivity contribution in [3.63, 3.8) is 0 Å². The number of carboxylic acid groups (broad SMARTS) is 4. The van der Waals surface area contributed by atoms with E-state index in [-0.39, 0.29) is 36.6 Å². The highest BCUT2D eigenvalue weighted by Crippen LogP contribution is 2.27. The molecule has 254 valence electrons. The summed E-state index contributed by atoms with van der Waals surface area (Å²) in [6.07, 6.45) is 0.0426. The van der Waals surface area contributed by atoms with Crippen LogP contribution in [0.15, 0.2) is 24.4 Å². The van der Waals surface area contributed by atoms with Crippen LogP contribution in [0.25, 0.3) is 0 Å². The van der Waals surface area contributed by atoms with Crippen LogP contribution in [-0.2, 0) is 38.4 Å². The van der Waals surface area contributed by atoms with Crippen LogP contribution in [0.5, 0.6) is 0 Å². The predicted octanol–water partition coefficient (Wildman–Crippen LogP) is -2.56. The molecule has 11 N–H and O–H groups in total. The van der Waals surface area contributed by atoms with Crippen LogP contribution in [-0.4, -0.2) is 122 Å². The Morgan fingerprint density at radius 3 is 1.85 bits per heavy atom. The van der Waals surface area contributed by atoms with E-state index in [1.807, 2.05) is 0 Å². The molecule has 46 heavy (non-hydrogen) atoms. The lowest BCUT2D eigenvalue weighted by Gasteiger charge is -2.30. The fraction of sp³-hybridized carbons (Fsp3) is 0.480. The van der Waals surface area contributed by atoms with Crippen LogP contribution in [0, 0.1) is 0 Å². The van der Waals surface area contributed by atoms with E-state index < -0.39 is 91.2 Å². The number of nitrogens with one attached hydrogen (secondary N) is 3. The molecule has 1 heterocycles. The molecule has 4 amide bonds. The smallest absolute Gasteiger partial charge is 0.322 e. The van der Waals surface area contributed by atoms with Crippen LogP contribution in [0.2, 0.25) is 0 Å². The quantitative estimate of drug-likeness (QED) is 0.0446. The predicted molar refractivity (Wildman–Crippen MR) is 163 cm³/mol. The van der Waals surface area contributed by atoms with E-state index in [2.05, 4.69) is 20.9 Å². The Hall–Kier alpha value is -4.47. The molecule has 19 nitrogen and oxygen atoms in total. The molecule has 0 bridgehead atoms. The molecule has 0 saturated heterocycles. The molecule has 1 rings (SSSR count). The Labute approximate surface area is 269 Å². The molecule has 4 atom stereocenters. The van der Waals surface area contributed by atoms with Crippen molar-refractivity contribution in [2.24, 2.45) is 11.5 Å². The first kappa shape index (κ1) is 39.6. The molecule has 0 aliphatic carbocycles. The number of hydrogen-bond donors (Lipinski definition) is 9. The van der Waals surface area contributed by atoms with Crippen LogP contribution in [0.4, 0.5) is 5.82 Å². The molecule has 1 aromatic rings. The number of nitrogens with zero attached hydrogens (tertiary/aromatic N) is 2. The SMILES string of the molecule is N[C@@H](CCC(=O)N[C@@H](CSSC[C@@H](C(=O)NCC(=O)O)N(C(=O)CC[C@H](N)C(=O)O)c1ccccn1)C(=O)NCC(=O)O)C(=O)O. The van der Waals surface area contributed by atoms with E-state index in [0.29, 0.717) is 0 Å². The van der Waals surface area contributed by atoms with E-state index in [1.165, 1.54) is 24.4 Å². The molecule has 0 aliphatic heterocycles. The molecule has 0 saturated carbocycles. The highest BCUT2D eigenvalue weighted by atomic mass is 33.1. The van der Waals surface area contributed by atoms with Crippen molar-refractivity contribution in [2.45, 2.75) is 49.9 Å². The number of hydrogen-bond acceptors (Lipinski definition) is 13. The third kappa shape index (κ3) is 15.0. The van der Waals surface area contributed by atoms with Crippen molar-refractivity contribution < 1.29 is 58.8 Å². The molecular weight excluding hydrogens is 654 g/mol. The van der Waals surface area contributed by atoms with Crippen LogP contribution in [0.1, 0.15) is 25.7 Å². The van der Waals surface area contributed by atoms with Gasteiger partial charge in [-0.3, -0.25) is 43.3 Å². The van der Waals surface area contributed by atoms with Gasteiger partial charge in [0.15, 0.2) is 0 Å². The Kier molecular flexibility index (Phi) is 17.7. The fourth-order valence-electron chi connectivity index (χ4n) is 3.40. The van der Waals surface area contributed by atoms with E-state index in [0.717, 1.165) is 26.5 Å². The summed E-state index contributed by atoms with van der Waals surface area (Å²) in [4.78, 5) is 101. The monoisotopic (exact) mass is 689 g/mol. The third-order valence-electron chi connectivity index (χ3n) is 5.79. The zero-order chi connectivity index (χ0) is 34.8. The van der Waals surface area contributed by atoms with Gasteiger partial charge < -0.3 is 47.8 Å². The number of anilines is 1. The van der Waals surface area contributed by atoms with Crippen LogP contribution < -0.4 is 32.3 Å². The highest BCUT2D eigenvalue weighted by molar-refractivity contribution is 8.76. The molecule has 0 unspecified atom stereocenters. The summed E-state index contributed by atoms with van der Waals surface area (Å²) in [6, 6.07) is -0.954. The van der Waals surface area contributed by atoms with Gasteiger partial charge in [0.05, 0.1) is 0 Å². The van der Waals surface area contributed by atoms with Gasteiger partial charge >= 0.3 is 23.9 Å². The van der Waals surface area contributed by atoms with Crippen molar-refractivity contribution in [3.8, 4) is 0 Å². The van der Waals surface area contributed by atoms with Gasteiger partial charge in [0.1, 0.15) is 43.1 Å². The number of pyridine rings is 1. The summed E-state index contributed by atoms with van der Waals surface area (Å²) in [6.45, 7) is -1.55. The second-order valence-corrected chi connectivity index (χ2v) is 11.9. The summed E-state index contributed by atoms with van der Waals surface area (Å²) in [5.41, 5.74) is 10.9. The maximum absolute atomic E-state index is 13.3. The van der Waals surface area contributed by atoms with Gasteiger partial charge in [-0.15, -0.1) is 0 Å². The Morgan fingerprint density at radius 1 is 0.783 bits per heavy atom. The molecule has 0 aromatic carbocycles. The second-order valence-electron chi connectivity index (χ2n) is 9.35. The third-order valence-corrected chi connectivity index (χ3v) is 8.19. The minimum atomic E-state index is -1.40. The van der Waals surface area contributed by atoms with Gasteiger partial charge in [0.25, 0.3) is 0 Å². The molecule has 0 fully saturated rings. The lowest BCUT2D eigenvalue weighted by atomic mass is 10.1. The first-order valence-corrected chi connectivity index (χ1v) is 15.8. The van der Waals surface area contributed by atoms with Gasteiger partial charge in [0.2, 0.25) is 23.6 Å². The highest BCUT2D eigenvalue weighted by Gasteiger charge is 2.33. The lowest BCUT2D eigenvalue weighted by Crippen LogP contribution is -2.52. The van der Waals surface area contributed by atoms with Crippen molar-refractivity contribution >= 4 is 74.9 Å². The number of amides is 4. The zero-order valence-corrected chi connectivity index (χ0v) is 25.8. The molecule has 0 spiro atoms. The van der Waals surface area contributed by atoms with Gasteiger partial charge in [-0.2, -0.15) is 0 Å². The average molecular weight is 690 g/mol. The van der Waals surface area contributed by atoms with Crippen molar-refractivity contribution in [1.29, 1.82) is 0 Å². The zero-order valence-electron chi connectivity index (χ0n) is 24.2. The Bertz CT molecular complexity index is 1260. The fourth-order valence-corrected chi connectivity index (χ4v) is 5.77. The van der Waals surface area contributed by atoms with Gasteiger partial charge in [-0.25, -0.2) is 4.98 Å². The summed E-state index contributed by atoms with van der Waals surface area (Å²) in [5, 5.41) is 42.6. The van der Waals surface area contributed by atoms with E-state index in [4.69, 9.17) is 31.9 Å². The number of nitrogens with two attached hydrogens (primary N) is 2. The summed E-state index contributed by atoms with van der Waals surface area (Å²) >= 11 is 0. The molecular formula is C25H35N7O12S2. The Balaban J connectivity index is 3.16. The van der Waals surface area contributed by atoms with E-state index in [9.17, 15) is 38.4 Å². The Morgan fingerprint density at radius 2 is 1.33 bits per heavy atom. The first-order chi connectivity index (χ1) is 21.6. The maximum Gasteiger partial charge on any atom is 0.322 e. The van der Waals surface area contributed by atoms with Gasteiger partial charge in [-0.05, 0) is 25.0 Å². The molecule has 1 aromatic heterocycles. The van der Waals surface area contributed by atoms with E-state index >= 15 is 0 Å². The van der Waals surface area contributed by atoms with Crippen molar-refractivity contribution in [3.05, 3.63) is 24.4 Å². The second kappa shape index (κ2) is 20.5. The lowest BCUT2D eigenvalue weighted by molar-refractivity contribution is -0.140. The topological polar surface area (TPSA) is 322 Å². The number of aromatic nitrogens is 1. The normalized spacial score (nSPS) is 13.3. The minimum Gasteiger partial charge on any atom is -0.480 e. The summed E-state index contributed by atoms with van der Waals surface area (Å²) in [7, 11) is 1.87. The number of carbonyl (C=O) groups excluding carboxylic acids is 4. The average Bonchev–Trinajstić information content (AvgIpc) is 3.00. The number of carboxylic acids is 4. The number of rotatable bonds is 22. The van der Waals surface area contributed by atoms with E-state index in [1.54, 1.807) is 0 Å². The standard InChI is InChI=1S/C25H35N7O12S2/c26-13(24(41)42)4-6-18(33)31-15(22(39)29-9-20(35)36)11-45-46-12-16(23(40)30-10-21(37)38)32(17-3-1-2-8-28-17)19(34)7-5-14(27)25(43)44/h1-3,8,13-16H,4-7,9-12,26-27H2,(H,29,39)(H,30,40)(H,31,33)(H,35,36)(H,37,38)(H,41,42)(H,43,44)/t13-,14-,15-,16-/m0/s1. The van der Waals surface area contributed by atoms with Crippen LogP contribution >= 0.6 is 21.6 Å². The molecule has 0 aliphatic rings. The number of carbonyl (C=O) groups is 8. The van der Waals surface area contributed by atoms with Gasteiger partial charge in [-0.1, -0.05) is 27.7 Å². The van der Waals surface area contributed by atoms with Crippen LogP contribution in [0.3, 0.4) is 0 Å². The first-order valence-electron chi connectivity index (χ1n) is 13.4. The molecule has 0 radical (unpaired) electrons. The largest absolute Gasteiger partial charge is 0.480 e. The minimum absolute atomic E-state index is 0.00442. The van der Waals surface area contributed by atoms with Crippen molar-refractivity contribution in [2.75, 3.05) is 29.5 Å². The summed E-state index contributed by atoms with van der Waals surface area (Å²) in [5.74, 6) is -9.08.